The number of hydrogen-bond acceptors (Lipinski definition) is 11. The number of methoxy groups -OCH3 is 3. The second-order valence-electron chi connectivity index (χ2n) is 9.07. The van der Waals surface area contributed by atoms with Gasteiger partial charge < -0.3 is 53.9 Å². The van der Waals surface area contributed by atoms with Gasteiger partial charge in [0.2, 0.25) is 11.8 Å². The van der Waals surface area contributed by atoms with Crippen molar-refractivity contribution in [3.05, 3.63) is 0 Å². The van der Waals surface area contributed by atoms with Gasteiger partial charge in [-0.05, 0) is 20.3 Å². The number of rotatable bonds is 21. The molecule has 0 bridgehead atoms. The molecule has 13 heteroatoms. The highest BCUT2D eigenvalue weighted by Gasteiger charge is 2.20. The van der Waals surface area contributed by atoms with E-state index in [9.17, 15) is 19.8 Å². The normalized spacial score (nSPS) is 14.3. The predicted octanol–water partition coefficient (Wildman–Crippen LogP) is -1.12. The van der Waals surface area contributed by atoms with Crippen molar-refractivity contribution in [3.8, 4) is 0 Å². The van der Waals surface area contributed by atoms with E-state index in [1.807, 2.05) is 13.8 Å². The van der Waals surface area contributed by atoms with E-state index in [1.54, 1.807) is 31.1 Å². The Labute approximate surface area is 227 Å². The fourth-order valence-corrected chi connectivity index (χ4v) is 3.22. The molecule has 4 N–H and O–H groups in total. The first-order valence-corrected chi connectivity index (χ1v) is 12.8. The zero-order chi connectivity index (χ0) is 29.5. The molecule has 2 amide bonds. The molecule has 38 heavy (non-hydrogen) atoms. The lowest BCUT2D eigenvalue weighted by atomic mass is 10.2. The van der Waals surface area contributed by atoms with Gasteiger partial charge >= 0.3 is 0 Å². The maximum atomic E-state index is 11.6. The summed E-state index contributed by atoms with van der Waals surface area (Å²) in [4.78, 5) is 26.4. The predicted molar refractivity (Wildman–Crippen MR) is 141 cm³/mol. The van der Waals surface area contributed by atoms with Crippen molar-refractivity contribution < 1.29 is 53.7 Å². The summed E-state index contributed by atoms with van der Waals surface area (Å²) in [6.07, 6.45) is -1.74. The Morgan fingerprint density at radius 1 is 0.737 bits per heavy atom. The molecule has 0 heterocycles. The van der Waals surface area contributed by atoms with Gasteiger partial charge in [-0.1, -0.05) is 0 Å². The molecule has 228 valence electrons. The maximum absolute atomic E-state index is 11.6. The molecule has 0 aromatic rings. The van der Waals surface area contributed by atoms with Gasteiger partial charge in [0, 0.05) is 67.5 Å². The number of carbonyl (C=O) groups is 2. The molecular formula is C25H52N2O11. The Morgan fingerprint density at radius 3 is 1.55 bits per heavy atom. The highest BCUT2D eigenvalue weighted by molar-refractivity contribution is 5.73. The van der Waals surface area contributed by atoms with Crippen molar-refractivity contribution in [2.24, 2.45) is 0 Å². The van der Waals surface area contributed by atoms with Crippen LogP contribution in [0.2, 0.25) is 0 Å². The van der Waals surface area contributed by atoms with Gasteiger partial charge in [0.25, 0.3) is 0 Å². The molecule has 13 nitrogen and oxygen atoms in total. The lowest BCUT2D eigenvalue weighted by molar-refractivity contribution is -0.135. The Balaban J connectivity index is 0. The molecule has 0 aliphatic rings. The van der Waals surface area contributed by atoms with E-state index in [4.69, 9.17) is 33.9 Å². The van der Waals surface area contributed by atoms with Gasteiger partial charge in [0.15, 0.2) is 0 Å². The third kappa shape index (κ3) is 20.5. The van der Waals surface area contributed by atoms with E-state index in [1.165, 1.54) is 13.8 Å². The van der Waals surface area contributed by atoms with Crippen LogP contribution in [-0.2, 0) is 33.3 Å². The highest BCUT2D eigenvalue weighted by Crippen LogP contribution is 2.05. The van der Waals surface area contributed by atoms with Crippen molar-refractivity contribution in [2.75, 3.05) is 87.2 Å². The monoisotopic (exact) mass is 556 g/mol. The van der Waals surface area contributed by atoms with E-state index in [0.29, 0.717) is 39.5 Å². The fraction of sp³-hybridized carbons (Fsp3) is 0.920. The smallest absolute Gasteiger partial charge is 0.219 e. The number of hydrogen-bond donors (Lipinski definition) is 4. The van der Waals surface area contributed by atoms with E-state index in [2.05, 4.69) is 0 Å². The minimum atomic E-state index is -0.923. The average molecular weight is 557 g/mol. The van der Waals surface area contributed by atoms with Crippen LogP contribution in [0.3, 0.4) is 0 Å². The molecule has 0 aliphatic heterocycles. The molecule has 0 rings (SSSR count). The summed E-state index contributed by atoms with van der Waals surface area (Å²) in [6.45, 7) is 8.77. The molecule has 0 fully saturated rings. The van der Waals surface area contributed by atoms with Crippen LogP contribution >= 0.6 is 0 Å². The average Bonchev–Trinajstić information content (AvgIpc) is 2.87. The second kappa shape index (κ2) is 24.6. The molecule has 0 aromatic carbocycles. The molecule has 4 atom stereocenters. The fourth-order valence-electron chi connectivity index (χ4n) is 3.22. The zero-order valence-electron chi connectivity index (χ0n) is 24.2. The molecule has 0 spiro atoms. The topological polar surface area (TPSA) is 168 Å². The summed E-state index contributed by atoms with van der Waals surface area (Å²) in [5.41, 5.74) is 0. The molecular weight excluding hydrogens is 504 g/mol. The summed E-state index contributed by atoms with van der Waals surface area (Å²) in [5.74, 6) is -0.0778. The number of ether oxygens (including phenoxy) is 5. The zero-order valence-corrected chi connectivity index (χ0v) is 24.2. The summed E-state index contributed by atoms with van der Waals surface area (Å²) < 4.78 is 25.9. The third-order valence-corrected chi connectivity index (χ3v) is 5.25. The Hall–Kier alpha value is -1.42. The van der Waals surface area contributed by atoms with Gasteiger partial charge in [-0.15, -0.1) is 0 Å². The Bertz CT molecular complexity index is 584. The summed E-state index contributed by atoms with van der Waals surface area (Å²) in [6, 6.07) is 0.0771. The van der Waals surface area contributed by atoms with Gasteiger partial charge in [0.1, 0.15) is 12.2 Å². The van der Waals surface area contributed by atoms with Crippen molar-refractivity contribution >= 4 is 11.8 Å². The van der Waals surface area contributed by atoms with Crippen LogP contribution in [0.4, 0.5) is 0 Å². The van der Waals surface area contributed by atoms with Crippen molar-refractivity contribution in [1.82, 2.24) is 9.80 Å². The second-order valence-corrected chi connectivity index (χ2v) is 9.07. The standard InChI is InChI=1S/C13H27NO6.C12H25NO5/c1-11(16)14(5-4-6-18-2)7-13(10-19-3)20-9-12(17)8-15;1-9(2)13(10(3)15)5-12(8-17-4)18-7-11(16)6-14/h12-13,15,17H,4-10H2,1-3H3;9,11-12,14,16H,5-8H2,1-4H3. The summed E-state index contributed by atoms with van der Waals surface area (Å²) in [7, 11) is 4.71. The van der Waals surface area contributed by atoms with Crippen LogP contribution < -0.4 is 0 Å². The first-order valence-electron chi connectivity index (χ1n) is 12.8. The van der Waals surface area contributed by atoms with Crippen LogP contribution in [0.1, 0.15) is 34.1 Å². The third-order valence-electron chi connectivity index (χ3n) is 5.25. The highest BCUT2D eigenvalue weighted by atomic mass is 16.5. The van der Waals surface area contributed by atoms with E-state index in [0.717, 1.165) is 6.42 Å². The number of aliphatic hydroxyl groups is 4. The van der Waals surface area contributed by atoms with Crippen molar-refractivity contribution in [2.45, 2.75) is 64.6 Å². The molecule has 0 aromatic heterocycles. The van der Waals surface area contributed by atoms with Crippen molar-refractivity contribution in [3.63, 3.8) is 0 Å². The molecule has 4 unspecified atom stereocenters. The van der Waals surface area contributed by atoms with E-state index < -0.39 is 12.2 Å². The van der Waals surface area contributed by atoms with E-state index >= 15 is 0 Å². The summed E-state index contributed by atoms with van der Waals surface area (Å²) in [5, 5.41) is 36.0. The number of nitrogens with zero attached hydrogens (tertiary/aromatic N) is 2. The first kappa shape index (κ1) is 38.7. The lowest BCUT2D eigenvalue weighted by Crippen LogP contribution is -2.43. The van der Waals surface area contributed by atoms with Crippen LogP contribution in [0.25, 0.3) is 0 Å². The van der Waals surface area contributed by atoms with Crippen molar-refractivity contribution in [1.29, 1.82) is 0 Å². The first-order chi connectivity index (χ1) is 18.0. The van der Waals surface area contributed by atoms with E-state index in [-0.39, 0.29) is 56.5 Å². The lowest BCUT2D eigenvalue weighted by Gasteiger charge is -2.30. The SMILES string of the molecule is COCC(CN(C(C)=O)C(C)C)OCC(O)CO.COCCCN(CC(COC)OCC(O)CO)C(C)=O. The van der Waals surface area contributed by atoms with Gasteiger partial charge in [-0.3, -0.25) is 9.59 Å². The molecule has 0 aliphatic carbocycles. The largest absolute Gasteiger partial charge is 0.394 e. The van der Waals surface area contributed by atoms with Gasteiger partial charge in [-0.2, -0.15) is 0 Å². The summed E-state index contributed by atoms with van der Waals surface area (Å²) >= 11 is 0. The molecule has 0 radical (unpaired) electrons. The number of carbonyl (C=O) groups excluding carboxylic acids is 2. The Morgan fingerprint density at radius 2 is 1.21 bits per heavy atom. The van der Waals surface area contributed by atoms with Gasteiger partial charge in [-0.25, -0.2) is 0 Å². The molecule has 0 saturated carbocycles. The molecule has 0 saturated heterocycles. The van der Waals surface area contributed by atoms with Crippen LogP contribution in [0.5, 0.6) is 0 Å². The van der Waals surface area contributed by atoms with Crippen LogP contribution in [0, 0.1) is 0 Å². The number of amides is 2. The minimum absolute atomic E-state index is 0.00828. The number of aliphatic hydroxyl groups excluding tert-OH is 4. The maximum Gasteiger partial charge on any atom is 0.219 e. The quantitative estimate of drug-likeness (QED) is 0.126. The van der Waals surface area contributed by atoms with Crippen LogP contribution in [-0.4, -0.2) is 160 Å². The Kier molecular flexibility index (Phi) is 25.1. The van der Waals surface area contributed by atoms with Crippen LogP contribution in [0.15, 0.2) is 0 Å². The minimum Gasteiger partial charge on any atom is -0.394 e. The van der Waals surface area contributed by atoms with Gasteiger partial charge in [0.05, 0.1) is 51.8 Å².